The summed E-state index contributed by atoms with van der Waals surface area (Å²) >= 11 is 5.56. The van der Waals surface area contributed by atoms with E-state index >= 15 is 0 Å². The number of oxazole rings is 1. The molecule has 0 amide bonds. The van der Waals surface area contributed by atoms with Crippen molar-refractivity contribution in [3.63, 3.8) is 0 Å². The molecule has 0 aliphatic carbocycles. The van der Waals surface area contributed by atoms with E-state index in [1.807, 2.05) is 25.1 Å². The van der Waals surface area contributed by atoms with Crippen LogP contribution in [0.1, 0.15) is 29.6 Å². The number of carboxylic acids is 1. The topological polar surface area (TPSA) is 63.3 Å². The van der Waals surface area contributed by atoms with Crippen LogP contribution in [-0.4, -0.2) is 16.1 Å². The van der Waals surface area contributed by atoms with Gasteiger partial charge in [-0.1, -0.05) is 29.3 Å². The third kappa shape index (κ3) is 3.17. The summed E-state index contributed by atoms with van der Waals surface area (Å²) < 4.78 is 7.27. The van der Waals surface area contributed by atoms with Crippen molar-refractivity contribution >= 4 is 44.5 Å². The first-order valence-electron chi connectivity index (χ1n) is 5.71. The van der Waals surface area contributed by atoms with Crippen LogP contribution in [0.4, 0.5) is 0 Å². The molecule has 2 aromatic rings. The van der Waals surface area contributed by atoms with Crippen LogP contribution >= 0.6 is 38.5 Å². The fourth-order valence-corrected chi connectivity index (χ4v) is 2.63. The van der Waals surface area contributed by atoms with Crippen molar-refractivity contribution in [2.45, 2.75) is 19.8 Å². The number of hydrogen-bond donors (Lipinski definition) is 1. The second-order valence-electron chi connectivity index (χ2n) is 3.97. The molecule has 0 atom stereocenters. The fourth-order valence-electron chi connectivity index (χ4n) is 1.70. The molecule has 1 aromatic carbocycles. The van der Waals surface area contributed by atoms with E-state index in [-0.39, 0.29) is 5.76 Å². The van der Waals surface area contributed by atoms with Gasteiger partial charge < -0.3 is 9.52 Å². The highest BCUT2D eigenvalue weighted by Gasteiger charge is 2.20. The van der Waals surface area contributed by atoms with Gasteiger partial charge in [0.2, 0.25) is 11.7 Å². The Morgan fingerprint density at radius 3 is 2.89 bits per heavy atom. The Morgan fingerprint density at radius 2 is 2.26 bits per heavy atom. The number of carboxylic acid groups (broad SMARTS) is 1. The van der Waals surface area contributed by atoms with Crippen molar-refractivity contribution in [2.75, 3.05) is 0 Å². The molecule has 2 rings (SSSR count). The van der Waals surface area contributed by atoms with Gasteiger partial charge in [-0.2, -0.15) is 0 Å². The van der Waals surface area contributed by atoms with Crippen LogP contribution in [-0.2, 0) is 6.42 Å². The first kappa shape index (κ1) is 14.5. The van der Waals surface area contributed by atoms with Crippen molar-refractivity contribution in [3.8, 4) is 11.5 Å². The smallest absolute Gasteiger partial charge is 0.373 e. The molecule has 0 fully saturated rings. The van der Waals surface area contributed by atoms with Crippen LogP contribution in [0.5, 0.6) is 0 Å². The summed E-state index contributed by atoms with van der Waals surface area (Å²) in [6.45, 7) is 1.98. The summed E-state index contributed by atoms with van der Waals surface area (Å²) in [6.07, 6.45) is 1.41. The molecule has 19 heavy (non-hydrogen) atoms. The molecule has 0 saturated carbocycles. The molecule has 1 heterocycles. The van der Waals surface area contributed by atoms with Crippen LogP contribution in [0.2, 0.25) is 0 Å². The van der Waals surface area contributed by atoms with Gasteiger partial charge in [0.1, 0.15) is 0 Å². The largest absolute Gasteiger partial charge is 0.475 e. The van der Waals surface area contributed by atoms with Crippen molar-refractivity contribution in [1.82, 2.24) is 4.98 Å². The lowest BCUT2D eigenvalue weighted by molar-refractivity contribution is 0.0661. The van der Waals surface area contributed by atoms with Crippen molar-refractivity contribution < 1.29 is 14.3 Å². The molecule has 0 saturated heterocycles. The van der Waals surface area contributed by atoms with E-state index < -0.39 is 5.97 Å². The molecule has 1 N–H and O–H groups in total. The third-order valence-corrected chi connectivity index (χ3v) is 3.97. The Balaban J connectivity index is 2.53. The molecule has 0 bridgehead atoms. The van der Waals surface area contributed by atoms with Crippen molar-refractivity contribution in [2.24, 2.45) is 0 Å². The van der Waals surface area contributed by atoms with Crippen LogP contribution in [0.25, 0.3) is 11.5 Å². The van der Waals surface area contributed by atoms with Gasteiger partial charge in [-0.3, -0.25) is 0 Å². The number of aromatic nitrogens is 1. The number of rotatable bonds is 4. The molecule has 100 valence electrons. The predicted octanol–water partition coefficient (Wildman–Crippen LogP) is 4.36. The van der Waals surface area contributed by atoms with Gasteiger partial charge in [0.15, 0.2) is 0 Å². The highest BCUT2D eigenvalue weighted by atomic mass is 127. The van der Waals surface area contributed by atoms with Gasteiger partial charge in [-0.05, 0) is 47.2 Å². The zero-order valence-electron chi connectivity index (χ0n) is 10.1. The number of aromatic carboxylic acids is 1. The van der Waals surface area contributed by atoms with E-state index in [2.05, 4.69) is 43.5 Å². The van der Waals surface area contributed by atoms with E-state index in [9.17, 15) is 4.79 Å². The number of hydrogen-bond acceptors (Lipinski definition) is 3. The zero-order valence-corrected chi connectivity index (χ0v) is 13.9. The Morgan fingerprint density at radius 1 is 1.53 bits per heavy atom. The summed E-state index contributed by atoms with van der Waals surface area (Å²) in [5.74, 6) is -0.786. The summed E-state index contributed by atoms with van der Waals surface area (Å²) in [5.41, 5.74) is 1.29. The van der Waals surface area contributed by atoms with Gasteiger partial charge in [-0.25, -0.2) is 9.78 Å². The van der Waals surface area contributed by atoms with Gasteiger partial charge >= 0.3 is 5.97 Å². The average Bonchev–Trinajstić information content (AvgIpc) is 2.77. The number of carbonyl (C=O) groups is 1. The Labute approximate surface area is 132 Å². The predicted molar refractivity (Wildman–Crippen MR) is 83.3 cm³/mol. The maximum atomic E-state index is 11.1. The number of nitrogens with zero attached hydrogens (tertiary/aromatic N) is 1. The Kier molecular flexibility index (Phi) is 4.62. The molecular formula is C13H11BrINO3. The van der Waals surface area contributed by atoms with Crippen molar-refractivity contribution in [3.05, 3.63) is 37.7 Å². The third-order valence-electron chi connectivity index (χ3n) is 2.54. The molecule has 6 heteroatoms. The quantitative estimate of drug-likeness (QED) is 0.724. The molecule has 0 spiro atoms. The summed E-state index contributed by atoms with van der Waals surface area (Å²) in [7, 11) is 0. The molecule has 0 radical (unpaired) electrons. The zero-order chi connectivity index (χ0) is 14.0. The lowest BCUT2D eigenvalue weighted by Crippen LogP contribution is -1.99. The first-order chi connectivity index (χ1) is 9.02. The normalized spacial score (nSPS) is 10.7. The van der Waals surface area contributed by atoms with Gasteiger partial charge in [0, 0.05) is 8.04 Å². The Bertz CT molecular complexity index is 624. The van der Waals surface area contributed by atoms with Gasteiger partial charge in [-0.15, -0.1) is 0 Å². The average molecular weight is 436 g/mol. The summed E-state index contributed by atoms with van der Waals surface area (Å²) in [4.78, 5) is 15.5. The van der Waals surface area contributed by atoms with E-state index in [1.54, 1.807) is 0 Å². The SMILES string of the molecule is CCCc1nc(-c2cc(Br)ccc2I)oc1C(=O)O. The maximum absolute atomic E-state index is 11.1. The summed E-state index contributed by atoms with van der Waals surface area (Å²) in [5, 5.41) is 9.13. The standard InChI is InChI=1S/C13H11BrINO3/c1-2-3-10-11(13(17)18)19-12(16-10)8-6-7(14)4-5-9(8)15/h4-6H,2-3H2,1H3,(H,17,18). The lowest BCUT2D eigenvalue weighted by Gasteiger charge is -2.00. The van der Waals surface area contributed by atoms with Crippen LogP contribution < -0.4 is 0 Å². The highest BCUT2D eigenvalue weighted by molar-refractivity contribution is 14.1. The van der Waals surface area contributed by atoms with E-state index in [1.165, 1.54) is 0 Å². The second-order valence-corrected chi connectivity index (χ2v) is 6.05. The van der Waals surface area contributed by atoms with Crippen LogP contribution in [0.3, 0.4) is 0 Å². The van der Waals surface area contributed by atoms with Crippen LogP contribution in [0.15, 0.2) is 27.1 Å². The molecule has 0 aliphatic heterocycles. The molecule has 4 nitrogen and oxygen atoms in total. The maximum Gasteiger partial charge on any atom is 0.373 e. The minimum Gasteiger partial charge on any atom is -0.475 e. The van der Waals surface area contributed by atoms with Gasteiger partial charge in [0.05, 0.1) is 11.3 Å². The highest BCUT2D eigenvalue weighted by Crippen LogP contribution is 2.29. The molecule has 1 aromatic heterocycles. The van der Waals surface area contributed by atoms with Crippen molar-refractivity contribution in [1.29, 1.82) is 0 Å². The summed E-state index contributed by atoms with van der Waals surface area (Å²) in [6, 6.07) is 5.71. The lowest BCUT2D eigenvalue weighted by atomic mass is 10.2. The van der Waals surface area contributed by atoms with E-state index in [4.69, 9.17) is 9.52 Å². The van der Waals surface area contributed by atoms with E-state index in [0.717, 1.165) is 20.0 Å². The minimum absolute atomic E-state index is 0.0624. The first-order valence-corrected chi connectivity index (χ1v) is 7.58. The second kappa shape index (κ2) is 6.04. The number of halogens is 2. The number of aryl methyl sites for hydroxylation is 1. The number of benzene rings is 1. The fraction of sp³-hybridized carbons (Fsp3) is 0.231. The van der Waals surface area contributed by atoms with Gasteiger partial charge in [0.25, 0.3) is 0 Å². The molecular weight excluding hydrogens is 425 g/mol. The van der Waals surface area contributed by atoms with E-state index in [0.29, 0.717) is 18.0 Å². The molecule has 0 aliphatic rings. The van der Waals surface area contributed by atoms with Crippen LogP contribution in [0, 0.1) is 3.57 Å². The monoisotopic (exact) mass is 435 g/mol. The minimum atomic E-state index is -1.08. The molecule has 0 unspecified atom stereocenters. The Hall–Kier alpha value is -0.890.